The number of unbranched alkanes of at least 4 members (excludes halogenated alkanes) is 1. The number of hydrogen-bond acceptors (Lipinski definition) is 6. The normalized spacial score (nSPS) is 20.6. The van der Waals surface area contributed by atoms with Crippen LogP contribution in [0.2, 0.25) is 0 Å². The van der Waals surface area contributed by atoms with Crippen molar-refractivity contribution in [1.29, 1.82) is 0 Å². The van der Waals surface area contributed by atoms with E-state index < -0.39 is 18.0 Å². The van der Waals surface area contributed by atoms with Crippen LogP contribution < -0.4 is 0 Å². The Morgan fingerprint density at radius 3 is 2.47 bits per heavy atom. The molecular formula is C39H52O6. The predicted molar refractivity (Wildman–Crippen MR) is 181 cm³/mol. The molecule has 45 heavy (non-hydrogen) atoms. The molecule has 0 aliphatic carbocycles. The Hall–Kier alpha value is -3.77. The van der Waals surface area contributed by atoms with Crippen LogP contribution in [0.1, 0.15) is 79.7 Å². The standard InChI is InChI=1S/C39H52O6/c1-8-33(20-21-35-29(4)19-22-36(40)45-35)16-12-9-11-15-27(2)23-30(5)38(42)32(7)39(43)31(6)24-28(3)25-37(41)44-26-34-17-13-10-14-18-34/h10-11,13-23,25,29-32,35,39,43H,8-9,12,24,26H2,1-7H3/b15-11+,21-20+,27-23+,28-25+,33-16-. The van der Waals surface area contributed by atoms with Crippen molar-refractivity contribution in [1.82, 2.24) is 0 Å². The van der Waals surface area contributed by atoms with Gasteiger partial charge in [0.25, 0.3) is 0 Å². The number of cyclic esters (lactones) is 1. The average molecular weight is 617 g/mol. The molecule has 1 aliphatic heterocycles. The second-order valence-corrected chi connectivity index (χ2v) is 12.2. The fourth-order valence-electron chi connectivity index (χ4n) is 5.28. The number of Topliss-reactive ketones (excluding diaryl/α,β-unsaturated/α-hetero) is 1. The lowest BCUT2D eigenvalue weighted by Gasteiger charge is -2.25. The third kappa shape index (κ3) is 13.8. The van der Waals surface area contributed by atoms with Crippen molar-refractivity contribution in [2.75, 3.05) is 0 Å². The highest BCUT2D eigenvalue weighted by atomic mass is 16.5. The van der Waals surface area contributed by atoms with E-state index in [0.29, 0.717) is 6.42 Å². The number of benzene rings is 1. The number of aliphatic hydroxyl groups is 1. The van der Waals surface area contributed by atoms with E-state index >= 15 is 0 Å². The quantitative estimate of drug-likeness (QED) is 0.0821. The highest BCUT2D eigenvalue weighted by Gasteiger charge is 2.29. The molecule has 0 radical (unpaired) electrons. The molecule has 244 valence electrons. The van der Waals surface area contributed by atoms with Gasteiger partial charge in [-0.25, -0.2) is 9.59 Å². The van der Waals surface area contributed by atoms with Crippen LogP contribution in [-0.2, 0) is 30.5 Å². The van der Waals surface area contributed by atoms with Crippen LogP contribution in [-0.4, -0.2) is 35.0 Å². The Balaban J connectivity index is 1.81. The first-order chi connectivity index (χ1) is 21.4. The third-order valence-corrected chi connectivity index (χ3v) is 8.07. The number of rotatable bonds is 17. The molecule has 6 unspecified atom stereocenters. The molecule has 0 amide bonds. The smallest absolute Gasteiger partial charge is 0.331 e. The maximum Gasteiger partial charge on any atom is 0.331 e. The van der Waals surface area contributed by atoms with Gasteiger partial charge in [-0.3, -0.25) is 4.79 Å². The molecule has 6 heteroatoms. The van der Waals surface area contributed by atoms with Gasteiger partial charge in [0.05, 0.1) is 6.10 Å². The van der Waals surface area contributed by atoms with Gasteiger partial charge in [-0.1, -0.05) is 118 Å². The molecule has 0 spiro atoms. The van der Waals surface area contributed by atoms with Crippen molar-refractivity contribution in [2.24, 2.45) is 23.7 Å². The first-order valence-electron chi connectivity index (χ1n) is 16.1. The first-order valence-corrected chi connectivity index (χ1v) is 16.1. The number of hydrogen-bond donors (Lipinski definition) is 1. The van der Waals surface area contributed by atoms with E-state index in [0.717, 1.165) is 36.0 Å². The largest absolute Gasteiger partial charge is 0.458 e. The van der Waals surface area contributed by atoms with Crippen molar-refractivity contribution in [3.8, 4) is 0 Å². The molecule has 1 N–H and O–H groups in total. The molecule has 0 saturated heterocycles. The summed E-state index contributed by atoms with van der Waals surface area (Å²) in [5, 5.41) is 10.9. The zero-order chi connectivity index (χ0) is 33.4. The molecule has 1 aromatic rings. The van der Waals surface area contributed by atoms with E-state index in [9.17, 15) is 19.5 Å². The Kier molecular flexibility index (Phi) is 16.3. The molecule has 1 aliphatic rings. The van der Waals surface area contributed by atoms with Crippen LogP contribution in [0.25, 0.3) is 0 Å². The van der Waals surface area contributed by atoms with Gasteiger partial charge in [-0.05, 0) is 57.1 Å². The van der Waals surface area contributed by atoms with E-state index in [4.69, 9.17) is 9.47 Å². The number of esters is 2. The maximum atomic E-state index is 13.1. The van der Waals surface area contributed by atoms with Crippen molar-refractivity contribution in [3.05, 3.63) is 107 Å². The van der Waals surface area contributed by atoms with Crippen LogP contribution >= 0.6 is 0 Å². The van der Waals surface area contributed by atoms with Crippen LogP contribution in [0.3, 0.4) is 0 Å². The van der Waals surface area contributed by atoms with E-state index in [2.05, 4.69) is 19.1 Å². The zero-order valence-corrected chi connectivity index (χ0v) is 28.1. The van der Waals surface area contributed by atoms with Gasteiger partial charge in [0.1, 0.15) is 18.5 Å². The van der Waals surface area contributed by atoms with Gasteiger partial charge < -0.3 is 14.6 Å². The molecule has 0 fully saturated rings. The minimum absolute atomic E-state index is 0.0123. The van der Waals surface area contributed by atoms with E-state index in [1.165, 1.54) is 17.7 Å². The summed E-state index contributed by atoms with van der Waals surface area (Å²) in [5.74, 6) is -1.64. The predicted octanol–water partition coefficient (Wildman–Crippen LogP) is 8.20. The molecule has 6 atom stereocenters. The number of allylic oxidation sites excluding steroid dienone is 8. The molecule has 0 saturated carbocycles. The highest BCUT2D eigenvalue weighted by Crippen LogP contribution is 2.24. The van der Waals surface area contributed by atoms with Crippen LogP contribution in [0.4, 0.5) is 0 Å². The number of ketones is 1. The lowest BCUT2D eigenvalue weighted by molar-refractivity contribution is -0.143. The third-order valence-electron chi connectivity index (χ3n) is 8.07. The van der Waals surface area contributed by atoms with Gasteiger partial charge in [0.2, 0.25) is 0 Å². The van der Waals surface area contributed by atoms with Gasteiger partial charge in [-0.15, -0.1) is 0 Å². The highest BCUT2D eigenvalue weighted by molar-refractivity contribution is 5.85. The second-order valence-electron chi connectivity index (χ2n) is 12.2. The Morgan fingerprint density at radius 1 is 1.07 bits per heavy atom. The molecule has 1 aromatic carbocycles. The molecule has 6 nitrogen and oxygen atoms in total. The zero-order valence-electron chi connectivity index (χ0n) is 28.1. The number of aliphatic hydroxyl groups excluding tert-OH is 1. The monoisotopic (exact) mass is 616 g/mol. The maximum absolute atomic E-state index is 13.1. The molecule has 0 aromatic heterocycles. The van der Waals surface area contributed by atoms with Crippen LogP contribution in [0.5, 0.6) is 0 Å². The van der Waals surface area contributed by atoms with Crippen molar-refractivity contribution < 1.29 is 29.0 Å². The molecule has 2 rings (SSSR count). The van der Waals surface area contributed by atoms with Gasteiger partial charge >= 0.3 is 11.9 Å². The lowest BCUT2D eigenvalue weighted by Crippen LogP contribution is -2.34. The average Bonchev–Trinajstić information content (AvgIpc) is 3.01. The summed E-state index contributed by atoms with van der Waals surface area (Å²) in [4.78, 5) is 36.9. The van der Waals surface area contributed by atoms with Crippen molar-refractivity contribution in [2.45, 2.75) is 93.0 Å². The van der Waals surface area contributed by atoms with E-state index in [1.54, 1.807) is 6.92 Å². The molecule has 0 bridgehead atoms. The molecular weight excluding hydrogens is 564 g/mol. The van der Waals surface area contributed by atoms with E-state index in [-0.39, 0.29) is 42.2 Å². The summed E-state index contributed by atoms with van der Waals surface area (Å²) < 4.78 is 10.7. The molecule has 1 heterocycles. The Morgan fingerprint density at radius 2 is 1.78 bits per heavy atom. The summed E-state index contributed by atoms with van der Waals surface area (Å²) in [7, 11) is 0. The van der Waals surface area contributed by atoms with Crippen LogP contribution in [0.15, 0.2) is 102 Å². The van der Waals surface area contributed by atoms with Crippen molar-refractivity contribution >= 4 is 17.7 Å². The number of carbonyl (C=O) groups is 3. The fourth-order valence-corrected chi connectivity index (χ4v) is 5.28. The minimum Gasteiger partial charge on any atom is -0.458 e. The van der Waals surface area contributed by atoms with Crippen LogP contribution in [0, 0.1) is 23.7 Å². The van der Waals surface area contributed by atoms with E-state index in [1.807, 2.05) is 95.3 Å². The fraction of sp³-hybridized carbons (Fsp3) is 0.462. The number of ether oxygens (including phenoxy) is 2. The Bertz CT molecular complexity index is 1300. The van der Waals surface area contributed by atoms with Gasteiger partial charge in [0.15, 0.2) is 0 Å². The summed E-state index contributed by atoms with van der Waals surface area (Å²) in [6.07, 6.45) is 19.2. The minimum atomic E-state index is -0.827. The summed E-state index contributed by atoms with van der Waals surface area (Å²) >= 11 is 0. The summed E-state index contributed by atoms with van der Waals surface area (Å²) in [6, 6.07) is 9.50. The topological polar surface area (TPSA) is 89.9 Å². The second kappa shape index (κ2) is 19.6. The first kappa shape index (κ1) is 37.4. The number of carbonyl (C=O) groups excluding carboxylic acids is 3. The SMILES string of the molecule is CCC(=C/CC/C=C/C(C)=C/C(C)C(=O)C(C)C(O)C(C)C/C(C)=C/C(=O)OCc1ccccc1)/C=C/C1OC(=O)C=CC1C. The van der Waals surface area contributed by atoms with Crippen molar-refractivity contribution in [3.63, 3.8) is 0 Å². The van der Waals surface area contributed by atoms with Gasteiger partial charge in [0, 0.05) is 29.9 Å². The summed E-state index contributed by atoms with van der Waals surface area (Å²) in [6.45, 7) is 13.7. The van der Waals surface area contributed by atoms with Gasteiger partial charge in [-0.2, -0.15) is 0 Å². The summed E-state index contributed by atoms with van der Waals surface area (Å²) in [5.41, 5.74) is 3.91. The lowest BCUT2D eigenvalue weighted by atomic mass is 9.83. The Labute approximate surface area is 270 Å².